The number of nitrogens with one attached hydrogen (secondary N) is 1. The van der Waals surface area contributed by atoms with Gasteiger partial charge in [0.2, 0.25) is 0 Å². The highest BCUT2D eigenvalue weighted by atomic mass is 19.3. The largest absolute Gasteiger partial charge is 0.316 e. The highest BCUT2D eigenvalue weighted by Gasteiger charge is 2.16. The van der Waals surface area contributed by atoms with Crippen molar-refractivity contribution in [1.82, 2.24) is 5.32 Å². The lowest BCUT2D eigenvalue weighted by Gasteiger charge is -2.09. The molecule has 1 atom stereocenters. The van der Waals surface area contributed by atoms with Gasteiger partial charge in [0.15, 0.2) is 0 Å². The Labute approximate surface area is 82.1 Å². The van der Waals surface area contributed by atoms with Crippen LogP contribution >= 0.6 is 0 Å². The second kappa shape index (κ2) is 4.05. The Hall–Kier alpha value is -0.960. The van der Waals surface area contributed by atoms with Gasteiger partial charge in [-0.2, -0.15) is 0 Å². The molecule has 1 aromatic rings. The zero-order valence-corrected chi connectivity index (χ0v) is 7.84. The van der Waals surface area contributed by atoms with Crippen LogP contribution in [0.1, 0.15) is 29.9 Å². The molecule has 1 saturated heterocycles. The first-order chi connectivity index (χ1) is 6.77. The molecule has 1 N–H and O–H groups in total. The molecule has 0 amide bonds. The van der Waals surface area contributed by atoms with Crippen molar-refractivity contribution in [2.45, 2.75) is 18.8 Å². The van der Waals surface area contributed by atoms with Gasteiger partial charge in [-0.05, 0) is 24.4 Å². The summed E-state index contributed by atoms with van der Waals surface area (Å²) in [5.74, 6) is 0.502. The van der Waals surface area contributed by atoms with Crippen LogP contribution in [-0.2, 0) is 0 Å². The topological polar surface area (TPSA) is 12.0 Å². The normalized spacial score (nSPS) is 21.8. The fourth-order valence-corrected chi connectivity index (χ4v) is 1.85. The SMILES string of the molecule is FC(F)c1ccc(C2CCNC2)cc1. The molecule has 0 aromatic heterocycles. The number of hydrogen-bond donors (Lipinski definition) is 1. The van der Waals surface area contributed by atoms with E-state index in [0.29, 0.717) is 5.92 Å². The number of benzene rings is 1. The van der Waals surface area contributed by atoms with Crippen molar-refractivity contribution in [2.24, 2.45) is 0 Å². The van der Waals surface area contributed by atoms with Crippen LogP contribution in [0.3, 0.4) is 0 Å². The zero-order valence-electron chi connectivity index (χ0n) is 7.84. The predicted octanol–water partition coefficient (Wildman–Crippen LogP) is 2.70. The zero-order chi connectivity index (χ0) is 9.97. The van der Waals surface area contributed by atoms with E-state index in [1.54, 1.807) is 0 Å². The number of halogens is 2. The van der Waals surface area contributed by atoms with Crippen LogP contribution in [-0.4, -0.2) is 13.1 Å². The Bertz CT molecular complexity index is 289. The lowest BCUT2D eigenvalue weighted by molar-refractivity contribution is 0.151. The van der Waals surface area contributed by atoms with Crippen LogP contribution in [0, 0.1) is 0 Å². The molecule has 0 aliphatic carbocycles. The molecule has 14 heavy (non-hydrogen) atoms. The minimum Gasteiger partial charge on any atom is -0.316 e. The lowest BCUT2D eigenvalue weighted by atomic mass is 9.97. The Kier molecular flexibility index (Phi) is 2.77. The van der Waals surface area contributed by atoms with E-state index in [1.807, 2.05) is 12.1 Å². The lowest BCUT2D eigenvalue weighted by Crippen LogP contribution is -2.07. The quantitative estimate of drug-likeness (QED) is 0.768. The first-order valence-electron chi connectivity index (χ1n) is 4.86. The van der Waals surface area contributed by atoms with E-state index in [0.717, 1.165) is 19.5 Å². The van der Waals surface area contributed by atoms with E-state index < -0.39 is 6.43 Å². The van der Waals surface area contributed by atoms with Gasteiger partial charge in [-0.3, -0.25) is 0 Å². The van der Waals surface area contributed by atoms with Crippen molar-refractivity contribution in [1.29, 1.82) is 0 Å². The molecule has 76 valence electrons. The Morgan fingerprint density at radius 2 is 1.93 bits per heavy atom. The maximum absolute atomic E-state index is 12.3. The van der Waals surface area contributed by atoms with Crippen molar-refractivity contribution < 1.29 is 8.78 Å². The fraction of sp³-hybridized carbons (Fsp3) is 0.455. The summed E-state index contributed by atoms with van der Waals surface area (Å²) < 4.78 is 24.5. The third-order valence-corrected chi connectivity index (χ3v) is 2.72. The average Bonchev–Trinajstić information content (AvgIpc) is 2.71. The van der Waals surface area contributed by atoms with Gasteiger partial charge in [0.25, 0.3) is 6.43 Å². The molecule has 1 nitrogen and oxygen atoms in total. The third kappa shape index (κ3) is 1.93. The van der Waals surface area contributed by atoms with E-state index in [4.69, 9.17) is 0 Å². The third-order valence-electron chi connectivity index (χ3n) is 2.72. The van der Waals surface area contributed by atoms with Gasteiger partial charge in [-0.1, -0.05) is 24.3 Å². The number of alkyl halides is 2. The molecule has 1 heterocycles. The smallest absolute Gasteiger partial charge is 0.263 e. The molecule has 0 saturated carbocycles. The molecule has 1 fully saturated rings. The number of hydrogen-bond acceptors (Lipinski definition) is 1. The van der Waals surface area contributed by atoms with Gasteiger partial charge in [-0.15, -0.1) is 0 Å². The van der Waals surface area contributed by atoms with E-state index in [-0.39, 0.29) is 5.56 Å². The standard InChI is InChI=1S/C11H13F2N/c12-11(13)9-3-1-8(2-4-9)10-5-6-14-7-10/h1-4,10-11,14H,5-7H2. The summed E-state index contributed by atoms with van der Waals surface area (Å²) in [4.78, 5) is 0. The van der Waals surface area contributed by atoms with E-state index in [1.165, 1.54) is 17.7 Å². The van der Waals surface area contributed by atoms with Crippen molar-refractivity contribution >= 4 is 0 Å². The Balaban J connectivity index is 2.12. The average molecular weight is 197 g/mol. The van der Waals surface area contributed by atoms with E-state index >= 15 is 0 Å². The molecule has 1 aliphatic heterocycles. The van der Waals surface area contributed by atoms with Crippen LogP contribution in [0.5, 0.6) is 0 Å². The summed E-state index contributed by atoms with van der Waals surface area (Å²) >= 11 is 0. The molecule has 1 aromatic carbocycles. The predicted molar refractivity (Wildman–Crippen MR) is 51.6 cm³/mol. The molecule has 1 unspecified atom stereocenters. The van der Waals surface area contributed by atoms with Gasteiger partial charge < -0.3 is 5.32 Å². The molecule has 3 heteroatoms. The van der Waals surface area contributed by atoms with Crippen LogP contribution in [0.2, 0.25) is 0 Å². The van der Waals surface area contributed by atoms with Crippen LogP contribution in [0.15, 0.2) is 24.3 Å². The molecular weight excluding hydrogens is 184 g/mol. The maximum atomic E-state index is 12.3. The minimum atomic E-state index is -2.36. The van der Waals surface area contributed by atoms with Gasteiger partial charge in [0, 0.05) is 12.1 Å². The number of rotatable bonds is 2. The Morgan fingerprint density at radius 1 is 1.21 bits per heavy atom. The van der Waals surface area contributed by atoms with Crippen molar-refractivity contribution in [2.75, 3.05) is 13.1 Å². The van der Waals surface area contributed by atoms with E-state index in [9.17, 15) is 8.78 Å². The first kappa shape index (κ1) is 9.59. The second-order valence-electron chi connectivity index (χ2n) is 3.66. The summed E-state index contributed by atoms with van der Waals surface area (Å²) in [6.45, 7) is 2.00. The molecule has 0 spiro atoms. The van der Waals surface area contributed by atoms with Crippen LogP contribution in [0.25, 0.3) is 0 Å². The van der Waals surface area contributed by atoms with Gasteiger partial charge >= 0.3 is 0 Å². The highest BCUT2D eigenvalue weighted by Crippen LogP contribution is 2.25. The summed E-state index contributed by atoms with van der Waals surface area (Å²) in [6, 6.07) is 6.69. The van der Waals surface area contributed by atoms with Gasteiger partial charge in [0.1, 0.15) is 0 Å². The van der Waals surface area contributed by atoms with E-state index in [2.05, 4.69) is 5.32 Å². The van der Waals surface area contributed by atoms with Crippen LogP contribution < -0.4 is 5.32 Å². The van der Waals surface area contributed by atoms with Crippen molar-refractivity contribution in [3.05, 3.63) is 35.4 Å². The molecular formula is C11H13F2N. The fourth-order valence-electron chi connectivity index (χ4n) is 1.85. The van der Waals surface area contributed by atoms with Gasteiger partial charge in [-0.25, -0.2) is 8.78 Å². The highest BCUT2D eigenvalue weighted by molar-refractivity contribution is 5.26. The minimum absolute atomic E-state index is 0.111. The summed E-state index contributed by atoms with van der Waals surface area (Å²) in [7, 11) is 0. The summed E-state index contributed by atoms with van der Waals surface area (Å²) in [5, 5.41) is 3.26. The maximum Gasteiger partial charge on any atom is 0.263 e. The molecule has 2 rings (SSSR count). The van der Waals surface area contributed by atoms with Crippen LogP contribution in [0.4, 0.5) is 8.78 Å². The summed E-state index contributed by atoms with van der Waals surface area (Å²) in [6.07, 6.45) is -1.25. The van der Waals surface area contributed by atoms with Gasteiger partial charge in [0.05, 0.1) is 0 Å². The molecule has 0 bridgehead atoms. The first-order valence-corrected chi connectivity index (χ1v) is 4.86. The Morgan fingerprint density at radius 3 is 2.43 bits per heavy atom. The monoisotopic (exact) mass is 197 g/mol. The summed E-state index contributed by atoms with van der Waals surface area (Å²) in [5.41, 5.74) is 1.28. The molecule has 1 aliphatic rings. The van der Waals surface area contributed by atoms with Crippen molar-refractivity contribution in [3.63, 3.8) is 0 Å². The molecule has 0 radical (unpaired) electrons. The van der Waals surface area contributed by atoms with Crippen molar-refractivity contribution in [3.8, 4) is 0 Å². The second-order valence-corrected chi connectivity index (χ2v) is 3.66.